The van der Waals surface area contributed by atoms with Gasteiger partial charge >= 0.3 is 12.1 Å². The van der Waals surface area contributed by atoms with Crippen LogP contribution in [0.1, 0.15) is 64.4 Å². The number of Topliss-reactive ketones (excluding diaryl/α,β-unsaturated/α-hetero) is 1. The van der Waals surface area contributed by atoms with Gasteiger partial charge < -0.3 is 9.94 Å². The number of carbonyl (C=O) groups is 2. The molecule has 0 aliphatic heterocycles. The predicted molar refractivity (Wildman–Crippen MR) is 83.3 cm³/mol. The molecule has 0 amide bonds. The fraction of sp³-hybridized carbons (Fsp3) is 0.500. The van der Waals surface area contributed by atoms with Crippen molar-refractivity contribution in [1.82, 2.24) is 4.98 Å². The first-order valence-electron chi connectivity index (χ1n) is 7.65. The molecule has 1 aromatic heterocycles. The van der Waals surface area contributed by atoms with Crippen LogP contribution >= 0.6 is 0 Å². The van der Waals surface area contributed by atoms with Gasteiger partial charge in [-0.3, -0.25) is 4.79 Å². The molecule has 1 rings (SSSR count). The summed E-state index contributed by atoms with van der Waals surface area (Å²) in [4.78, 5) is 27.3. The molecule has 0 aliphatic carbocycles. The van der Waals surface area contributed by atoms with Gasteiger partial charge in [-0.15, -0.1) is 5.16 Å². The van der Waals surface area contributed by atoms with E-state index in [-0.39, 0.29) is 12.3 Å². The third kappa shape index (κ3) is 5.20. The van der Waals surface area contributed by atoms with E-state index in [2.05, 4.69) is 14.9 Å². The van der Waals surface area contributed by atoms with E-state index in [0.29, 0.717) is 6.21 Å². The third-order valence-electron chi connectivity index (χ3n) is 3.44. The fourth-order valence-corrected chi connectivity index (χ4v) is 2.49. The third-order valence-corrected chi connectivity index (χ3v) is 3.44. The van der Waals surface area contributed by atoms with Gasteiger partial charge in [0.2, 0.25) is 0 Å². The first-order chi connectivity index (χ1) is 12.4. The lowest BCUT2D eigenvalue weighted by molar-refractivity contribution is -0.141. The second-order valence-corrected chi connectivity index (χ2v) is 5.89. The zero-order valence-electron chi connectivity index (χ0n) is 14.6. The Balaban J connectivity index is 4.03. The number of ether oxygens (including phenoxy) is 1. The van der Waals surface area contributed by atoms with Crippen molar-refractivity contribution in [1.29, 1.82) is 0 Å². The Morgan fingerprint density at radius 2 is 1.85 bits per heavy atom. The van der Waals surface area contributed by atoms with Crippen molar-refractivity contribution in [2.75, 3.05) is 7.11 Å². The largest absolute Gasteiger partial charge is 0.465 e. The summed E-state index contributed by atoms with van der Waals surface area (Å²) >= 11 is 0. The van der Waals surface area contributed by atoms with Gasteiger partial charge in [-0.05, 0) is 17.9 Å². The minimum absolute atomic E-state index is 0.285. The first-order valence-corrected chi connectivity index (χ1v) is 7.65. The Labute approximate surface area is 151 Å². The SMILES string of the molecule is COC(=O)c1c(C(F)F)nc(C(F)(F)F)c(C(=O)CC=NO)c1CC(C)C. The summed E-state index contributed by atoms with van der Waals surface area (Å²) < 4.78 is 71.5. The van der Waals surface area contributed by atoms with Gasteiger partial charge in [0.1, 0.15) is 5.69 Å². The molecule has 0 unspecified atom stereocenters. The van der Waals surface area contributed by atoms with Gasteiger partial charge in [0.15, 0.2) is 11.5 Å². The number of halogens is 5. The maximum Gasteiger partial charge on any atom is 0.434 e. The summed E-state index contributed by atoms with van der Waals surface area (Å²) in [6, 6.07) is 0. The maximum absolute atomic E-state index is 13.4. The first kappa shape index (κ1) is 22.5. The number of nitrogens with zero attached hydrogens (tertiary/aromatic N) is 2. The number of hydrogen-bond acceptors (Lipinski definition) is 6. The van der Waals surface area contributed by atoms with Gasteiger partial charge in [0.05, 0.1) is 24.5 Å². The quantitative estimate of drug-likeness (QED) is 0.188. The summed E-state index contributed by atoms with van der Waals surface area (Å²) in [5.74, 6) is -2.90. The van der Waals surface area contributed by atoms with E-state index in [4.69, 9.17) is 5.21 Å². The molecule has 11 heteroatoms. The number of methoxy groups -OCH3 is 1. The van der Waals surface area contributed by atoms with E-state index in [9.17, 15) is 31.5 Å². The minimum Gasteiger partial charge on any atom is -0.465 e. The summed E-state index contributed by atoms with van der Waals surface area (Å²) in [5, 5.41) is 11.0. The van der Waals surface area contributed by atoms with E-state index in [1.54, 1.807) is 13.8 Å². The molecule has 27 heavy (non-hydrogen) atoms. The lowest BCUT2D eigenvalue weighted by Crippen LogP contribution is -2.25. The van der Waals surface area contributed by atoms with Crippen LogP contribution in [0.15, 0.2) is 5.16 Å². The number of aromatic nitrogens is 1. The highest BCUT2D eigenvalue weighted by Crippen LogP contribution is 2.38. The average Bonchev–Trinajstić information content (AvgIpc) is 2.56. The van der Waals surface area contributed by atoms with Crippen molar-refractivity contribution in [2.45, 2.75) is 39.3 Å². The summed E-state index contributed by atoms with van der Waals surface area (Å²) in [7, 11) is 0.869. The average molecular weight is 396 g/mol. The molecule has 0 aliphatic rings. The van der Waals surface area contributed by atoms with Crippen molar-refractivity contribution in [2.24, 2.45) is 11.1 Å². The molecule has 0 radical (unpaired) electrons. The standard InChI is InChI=1S/C16H17F5N2O4/c1-7(2)6-8-10(9(24)4-5-22-26)13(16(19,20)21)23-12(14(17)18)11(8)15(25)27-3/h5,7,14,26H,4,6H2,1-3H3. The number of pyridine rings is 1. The Morgan fingerprint density at radius 1 is 1.26 bits per heavy atom. The molecule has 0 atom stereocenters. The van der Waals surface area contributed by atoms with Gasteiger partial charge in [0.25, 0.3) is 6.43 Å². The van der Waals surface area contributed by atoms with Crippen LogP contribution in [0.25, 0.3) is 0 Å². The number of alkyl halides is 5. The van der Waals surface area contributed by atoms with E-state index in [0.717, 1.165) is 7.11 Å². The minimum atomic E-state index is -5.23. The molecule has 0 fully saturated rings. The molecule has 0 aromatic carbocycles. The molecule has 1 N–H and O–H groups in total. The lowest BCUT2D eigenvalue weighted by atomic mass is 9.88. The topological polar surface area (TPSA) is 88.9 Å². The molecule has 1 heterocycles. The van der Waals surface area contributed by atoms with E-state index >= 15 is 0 Å². The van der Waals surface area contributed by atoms with Gasteiger partial charge in [-0.2, -0.15) is 13.2 Å². The Hall–Kier alpha value is -2.59. The Bertz CT molecular complexity index is 745. The highest BCUT2D eigenvalue weighted by atomic mass is 19.4. The van der Waals surface area contributed by atoms with E-state index in [1.807, 2.05) is 0 Å². The highest BCUT2D eigenvalue weighted by molar-refractivity contribution is 6.07. The molecule has 0 spiro atoms. The monoisotopic (exact) mass is 396 g/mol. The van der Waals surface area contributed by atoms with Crippen molar-refractivity contribution in [3.8, 4) is 0 Å². The van der Waals surface area contributed by atoms with Crippen LogP contribution in [0.3, 0.4) is 0 Å². The molecule has 0 saturated carbocycles. The van der Waals surface area contributed by atoms with E-state index in [1.165, 1.54) is 0 Å². The molecular weight excluding hydrogens is 379 g/mol. The maximum atomic E-state index is 13.4. The number of oxime groups is 1. The zero-order valence-corrected chi connectivity index (χ0v) is 14.6. The van der Waals surface area contributed by atoms with Crippen LogP contribution in [0, 0.1) is 5.92 Å². The van der Waals surface area contributed by atoms with Crippen molar-refractivity contribution in [3.63, 3.8) is 0 Å². The van der Waals surface area contributed by atoms with Crippen LogP contribution in [0.2, 0.25) is 0 Å². The zero-order chi connectivity index (χ0) is 20.9. The molecule has 0 saturated heterocycles. The summed E-state index contributed by atoms with van der Waals surface area (Å²) in [6.07, 6.45) is -9.13. The van der Waals surface area contributed by atoms with Crippen LogP contribution in [0.5, 0.6) is 0 Å². The molecule has 6 nitrogen and oxygen atoms in total. The number of carbonyl (C=O) groups excluding carboxylic acids is 2. The second-order valence-electron chi connectivity index (χ2n) is 5.89. The second kappa shape index (κ2) is 8.87. The number of hydrogen-bond donors (Lipinski definition) is 1. The summed E-state index contributed by atoms with van der Waals surface area (Å²) in [5.41, 5.74) is -5.63. The summed E-state index contributed by atoms with van der Waals surface area (Å²) in [6.45, 7) is 3.14. The van der Waals surface area contributed by atoms with Crippen LogP contribution < -0.4 is 0 Å². The molecule has 150 valence electrons. The number of rotatable bonds is 7. The van der Waals surface area contributed by atoms with Crippen molar-refractivity contribution < 1.29 is 41.5 Å². The Kier molecular flexibility index (Phi) is 7.37. The van der Waals surface area contributed by atoms with Crippen molar-refractivity contribution in [3.05, 3.63) is 28.1 Å². The molecule has 1 aromatic rings. The van der Waals surface area contributed by atoms with Crippen LogP contribution in [-0.4, -0.2) is 35.3 Å². The van der Waals surface area contributed by atoms with E-state index < -0.39 is 58.9 Å². The van der Waals surface area contributed by atoms with Crippen molar-refractivity contribution >= 4 is 18.0 Å². The lowest BCUT2D eigenvalue weighted by Gasteiger charge is -2.21. The smallest absolute Gasteiger partial charge is 0.434 e. The number of esters is 1. The molecular formula is C16H17F5N2O4. The molecule has 0 bridgehead atoms. The van der Waals surface area contributed by atoms with Gasteiger partial charge in [0, 0.05) is 6.42 Å². The van der Waals surface area contributed by atoms with Crippen LogP contribution in [0.4, 0.5) is 22.0 Å². The number of ketones is 1. The normalized spacial score (nSPS) is 12.2. The van der Waals surface area contributed by atoms with Gasteiger partial charge in [-0.25, -0.2) is 18.6 Å². The fourth-order valence-electron chi connectivity index (χ4n) is 2.49. The highest BCUT2D eigenvalue weighted by Gasteiger charge is 2.42. The van der Waals surface area contributed by atoms with Crippen LogP contribution in [-0.2, 0) is 17.3 Å². The Morgan fingerprint density at radius 3 is 2.26 bits per heavy atom. The van der Waals surface area contributed by atoms with Gasteiger partial charge in [-0.1, -0.05) is 13.8 Å². The predicted octanol–water partition coefficient (Wildman–Crippen LogP) is 4.06.